The summed E-state index contributed by atoms with van der Waals surface area (Å²) in [6.45, 7) is 7.58. The van der Waals surface area contributed by atoms with Crippen molar-refractivity contribution in [1.29, 1.82) is 0 Å². The Labute approximate surface area is 152 Å². The third-order valence-electron chi connectivity index (χ3n) is 3.53. The molecule has 0 bridgehead atoms. The normalized spacial score (nSPS) is 11.0. The second-order valence-corrected chi connectivity index (χ2v) is 7.47. The van der Waals surface area contributed by atoms with Crippen molar-refractivity contribution >= 4 is 29.5 Å². The number of hydrogen-bond acceptors (Lipinski definition) is 4. The van der Waals surface area contributed by atoms with Crippen LogP contribution in [0.2, 0.25) is 0 Å². The van der Waals surface area contributed by atoms with E-state index in [2.05, 4.69) is 36.5 Å². The number of carbonyl (C=O) groups excluding carboxylic acids is 1. The van der Waals surface area contributed by atoms with Crippen LogP contribution in [0.4, 0.5) is 0 Å². The lowest BCUT2D eigenvalue weighted by molar-refractivity contribution is -0.121. The van der Waals surface area contributed by atoms with E-state index < -0.39 is 0 Å². The van der Waals surface area contributed by atoms with Crippen LogP contribution in [0.3, 0.4) is 0 Å². The van der Waals surface area contributed by atoms with Crippen LogP contribution in [0.25, 0.3) is 11.3 Å². The Morgan fingerprint density at radius 1 is 1.33 bits per heavy atom. The Morgan fingerprint density at radius 2 is 2.04 bits per heavy atom. The van der Waals surface area contributed by atoms with E-state index in [9.17, 15) is 4.79 Å². The molecule has 0 spiro atoms. The van der Waals surface area contributed by atoms with Crippen molar-refractivity contribution in [3.05, 3.63) is 39.2 Å². The third kappa shape index (κ3) is 5.54. The number of nitrogens with zero attached hydrogens (tertiary/aromatic N) is 1. The van der Waals surface area contributed by atoms with E-state index in [4.69, 9.17) is 17.0 Å². The van der Waals surface area contributed by atoms with E-state index in [0.29, 0.717) is 17.1 Å². The van der Waals surface area contributed by atoms with Gasteiger partial charge in [0.2, 0.25) is 5.91 Å². The van der Waals surface area contributed by atoms with Gasteiger partial charge in [-0.1, -0.05) is 29.8 Å². The second kappa shape index (κ2) is 9.11. The maximum Gasteiger partial charge on any atom is 0.240 e. The molecule has 0 atom stereocenters. The monoisotopic (exact) mass is 364 g/mol. The van der Waals surface area contributed by atoms with Crippen molar-refractivity contribution in [3.8, 4) is 11.3 Å². The average Bonchev–Trinajstić information content (AvgIpc) is 2.88. The van der Waals surface area contributed by atoms with Gasteiger partial charge in [-0.05, 0) is 45.0 Å². The average molecular weight is 365 g/mol. The van der Waals surface area contributed by atoms with Gasteiger partial charge in [0.1, 0.15) is 6.54 Å². The first-order chi connectivity index (χ1) is 11.5. The fraction of sp³-hybridized carbons (Fsp3) is 0.444. The first kappa shape index (κ1) is 18.8. The highest BCUT2D eigenvalue weighted by Gasteiger charge is 2.10. The molecule has 0 radical (unpaired) electrons. The van der Waals surface area contributed by atoms with Crippen molar-refractivity contribution in [2.75, 3.05) is 13.2 Å². The minimum atomic E-state index is -0.0255. The number of aryl methyl sites for hydroxylation is 1. The predicted molar refractivity (Wildman–Crippen MR) is 102 cm³/mol. The highest BCUT2D eigenvalue weighted by atomic mass is 32.1. The summed E-state index contributed by atoms with van der Waals surface area (Å²) in [5.41, 5.74) is 3.27. The molecule has 0 aliphatic carbocycles. The molecule has 2 rings (SSSR count). The maximum absolute atomic E-state index is 12.2. The van der Waals surface area contributed by atoms with Crippen molar-refractivity contribution in [1.82, 2.24) is 9.88 Å². The van der Waals surface area contributed by atoms with E-state index >= 15 is 0 Å². The number of ether oxygens (including phenoxy) is 1. The van der Waals surface area contributed by atoms with Gasteiger partial charge in [-0.15, -0.1) is 11.3 Å². The fourth-order valence-corrected chi connectivity index (χ4v) is 3.32. The van der Waals surface area contributed by atoms with Gasteiger partial charge in [0.25, 0.3) is 0 Å². The fourth-order valence-electron chi connectivity index (χ4n) is 2.25. The molecule has 0 aliphatic heterocycles. The van der Waals surface area contributed by atoms with E-state index in [-0.39, 0.29) is 18.6 Å². The third-order valence-corrected chi connectivity index (χ3v) is 4.80. The van der Waals surface area contributed by atoms with Crippen LogP contribution in [0.1, 0.15) is 25.8 Å². The molecule has 4 nitrogen and oxygen atoms in total. The van der Waals surface area contributed by atoms with Crippen LogP contribution in [0.5, 0.6) is 0 Å². The number of rotatable bonds is 8. The topological polar surface area (TPSA) is 43.3 Å². The Hall–Kier alpha value is -1.50. The number of hydrogen-bond donors (Lipinski definition) is 1. The van der Waals surface area contributed by atoms with Crippen LogP contribution in [-0.4, -0.2) is 29.7 Å². The molecule has 0 saturated heterocycles. The zero-order valence-corrected chi connectivity index (χ0v) is 16.0. The van der Waals surface area contributed by atoms with E-state index in [1.165, 1.54) is 16.9 Å². The van der Waals surface area contributed by atoms with Crippen LogP contribution < -0.4 is 5.32 Å². The summed E-state index contributed by atoms with van der Waals surface area (Å²) in [6, 6.07) is 8.25. The number of aromatic nitrogens is 1. The smallest absolute Gasteiger partial charge is 0.240 e. The summed E-state index contributed by atoms with van der Waals surface area (Å²) in [5, 5.41) is 4.94. The zero-order valence-electron chi connectivity index (χ0n) is 14.4. The summed E-state index contributed by atoms with van der Waals surface area (Å²) in [6.07, 6.45) is 1.03. The molecule has 1 heterocycles. The second-order valence-electron chi connectivity index (χ2n) is 5.96. The molecule has 6 heteroatoms. The molecule has 1 aromatic heterocycles. The minimum absolute atomic E-state index is 0.0255. The van der Waals surface area contributed by atoms with Gasteiger partial charge < -0.3 is 14.6 Å². The Morgan fingerprint density at radius 3 is 2.71 bits per heavy atom. The van der Waals surface area contributed by atoms with E-state index in [0.717, 1.165) is 17.7 Å². The molecule has 1 N–H and O–H groups in total. The van der Waals surface area contributed by atoms with Gasteiger partial charge in [0.15, 0.2) is 3.95 Å². The van der Waals surface area contributed by atoms with Gasteiger partial charge in [0, 0.05) is 18.5 Å². The van der Waals surface area contributed by atoms with E-state index in [1.807, 2.05) is 23.8 Å². The molecule has 1 amide bonds. The summed E-state index contributed by atoms with van der Waals surface area (Å²) in [5.74, 6) is -0.0255. The first-order valence-electron chi connectivity index (χ1n) is 8.11. The van der Waals surface area contributed by atoms with Crippen molar-refractivity contribution < 1.29 is 9.53 Å². The lowest BCUT2D eigenvalue weighted by atomic mass is 10.1. The summed E-state index contributed by atoms with van der Waals surface area (Å²) >= 11 is 6.87. The molecule has 0 saturated carbocycles. The van der Waals surface area contributed by atoms with Crippen LogP contribution in [0.15, 0.2) is 29.6 Å². The standard InChI is InChI=1S/C18H24N2O2S2/c1-13(2)22-10-4-9-19-17(21)11-20-16(12-24-18(20)23)15-7-5-14(3)6-8-15/h5-8,12-13H,4,9-11H2,1-3H3,(H,19,21). The Bertz CT molecular complexity index is 717. The molecule has 130 valence electrons. The summed E-state index contributed by atoms with van der Waals surface area (Å²) < 4.78 is 8.07. The van der Waals surface area contributed by atoms with E-state index in [1.54, 1.807) is 0 Å². The Kier molecular flexibility index (Phi) is 7.15. The number of benzene rings is 1. The van der Waals surface area contributed by atoms with Gasteiger partial charge in [-0.2, -0.15) is 0 Å². The summed E-state index contributed by atoms with van der Waals surface area (Å²) in [4.78, 5) is 12.2. The number of nitrogens with one attached hydrogen (secondary N) is 1. The molecular weight excluding hydrogens is 340 g/mol. The predicted octanol–water partition coefficient (Wildman–Crippen LogP) is 4.19. The first-order valence-corrected chi connectivity index (χ1v) is 9.40. The van der Waals surface area contributed by atoms with Crippen LogP contribution >= 0.6 is 23.6 Å². The van der Waals surface area contributed by atoms with Crippen molar-refractivity contribution in [2.24, 2.45) is 0 Å². The molecular formula is C18H24N2O2S2. The number of amides is 1. The SMILES string of the molecule is Cc1ccc(-c2csc(=S)n2CC(=O)NCCCOC(C)C)cc1. The molecule has 0 unspecified atom stereocenters. The maximum atomic E-state index is 12.2. The lowest BCUT2D eigenvalue weighted by Crippen LogP contribution is -2.29. The van der Waals surface area contributed by atoms with Crippen molar-refractivity contribution in [3.63, 3.8) is 0 Å². The largest absolute Gasteiger partial charge is 0.379 e. The number of carbonyl (C=O) groups is 1. The molecule has 1 aromatic carbocycles. The van der Waals surface area contributed by atoms with Gasteiger partial charge in [-0.3, -0.25) is 4.79 Å². The molecule has 24 heavy (non-hydrogen) atoms. The van der Waals surface area contributed by atoms with Crippen molar-refractivity contribution in [2.45, 2.75) is 39.8 Å². The summed E-state index contributed by atoms with van der Waals surface area (Å²) in [7, 11) is 0. The van der Waals surface area contributed by atoms with Crippen LogP contribution in [-0.2, 0) is 16.1 Å². The van der Waals surface area contributed by atoms with Gasteiger partial charge in [-0.25, -0.2) is 0 Å². The Balaban J connectivity index is 1.95. The lowest BCUT2D eigenvalue weighted by Gasteiger charge is -2.11. The molecule has 0 fully saturated rings. The van der Waals surface area contributed by atoms with Gasteiger partial charge in [0.05, 0.1) is 11.8 Å². The highest BCUT2D eigenvalue weighted by Crippen LogP contribution is 2.24. The van der Waals surface area contributed by atoms with Crippen LogP contribution in [0, 0.1) is 10.9 Å². The number of thiazole rings is 1. The molecule has 2 aromatic rings. The van der Waals surface area contributed by atoms with Gasteiger partial charge >= 0.3 is 0 Å². The zero-order chi connectivity index (χ0) is 17.5. The minimum Gasteiger partial charge on any atom is -0.379 e. The highest BCUT2D eigenvalue weighted by molar-refractivity contribution is 7.73. The quantitative estimate of drug-likeness (QED) is 0.564. The molecule has 0 aliphatic rings.